The largest absolute Gasteiger partial charge is 0.382 e. The Morgan fingerprint density at radius 3 is 2.33 bits per heavy atom. The smallest absolute Gasteiger partial charge is 0.150 e. The molecule has 0 saturated heterocycles. The van der Waals surface area contributed by atoms with Gasteiger partial charge in [-0.25, -0.2) is 9.66 Å². The summed E-state index contributed by atoms with van der Waals surface area (Å²) in [6, 6.07) is 7.31. The Balaban J connectivity index is 2.54. The molecule has 2 aromatic rings. The van der Waals surface area contributed by atoms with Crippen molar-refractivity contribution >= 4 is 17.4 Å². The summed E-state index contributed by atoms with van der Waals surface area (Å²) in [5.74, 6) is 6.80. The first-order valence-electron chi connectivity index (χ1n) is 4.45. The Morgan fingerprint density at radius 1 is 1.27 bits per heavy atom. The van der Waals surface area contributed by atoms with E-state index >= 15 is 0 Å². The second-order valence-electron chi connectivity index (χ2n) is 3.27. The van der Waals surface area contributed by atoms with Gasteiger partial charge < -0.3 is 11.6 Å². The average molecular weight is 223 g/mol. The zero-order valence-electron chi connectivity index (χ0n) is 8.24. The van der Waals surface area contributed by atoms with Crippen LogP contribution < -0.4 is 11.6 Å². The normalized spacial score (nSPS) is 10.5. The van der Waals surface area contributed by atoms with Gasteiger partial charge in [-0.15, -0.1) is 0 Å². The molecule has 0 bridgehead atoms. The highest BCUT2D eigenvalue weighted by atomic mass is 35.5. The first-order chi connectivity index (χ1) is 7.09. The van der Waals surface area contributed by atoms with E-state index in [4.69, 9.17) is 23.2 Å². The minimum Gasteiger partial charge on any atom is -0.382 e. The third kappa shape index (κ3) is 1.64. The minimum atomic E-state index is 0.454. The van der Waals surface area contributed by atoms with Crippen LogP contribution in [-0.4, -0.2) is 9.66 Å². The summed E-state index contributed by atoms with van der Waals surface area (Å²) < 4.78 is 1.37. The molecule has 0 saturated carbocycles. The van der Waals surface area contributed by atoms with Gasteiger partial charge in [0, 0.05) is 10.6 Å². The van der Waals surface area contributed by atoms with Crippen LogP contribution in [0.25, 0.3) is 11.3 Å². The number of anilines is 1. The average Bonchev–Trinajstić information content (AvgIpc) is 2.47. The zero-order chi connectivity index (χ0) is 11.0. The number of hydrogen-bond donors (Lipinski definition) is 2. The van der Waals surface area contributed by atoms with E-state index in [1.165, 1.54) is 4.68 Å². The van der Waals surface area contributed by atoms with Gasteiger partial charge in [0.2, 0.25) is 0 Å². The third-order valence-corrected chi connectivity index (χ3v) is 2.49. The van der Waals surface area contributed by atoms with Crippen LogP contribution in [0.1, 0.15) is 5.82 Å². The van der Waals surface area contributed by atoms with Gasteiger partial charge in [-0.05, 0) is 19.1 Å². The summed E-state index contributed by atoms with van der Waals surface area (Å²) in [5, 5.41) is 0.682. The molecule has 1 aromatic heterocycles. The van der Waals surface area contributed by atoms with Crippen molar-refractivity contribution in [3.8, 4) is 11.3 Å². The quantitative estimate of drug-likeness (QED) is 0.723. The summed E-state index contributed by atoms with van der Waals surface area (Å²) >= 11 is 5.79. The van der Waals surface area contributed by atoms with Crippen LogP contribution in [0.15, 0.2) is 24.3 Å². The van der Waals surface area contributed by atoms with Crippen molar-refractivity contribution in [1.82, 2.24) is 9.66 Å². The Hall–Kier alpha value is -1.68. The van der Waals surface area contributed by atoms with Crippen LogP contribution in [0.5, 0.6) is 0 Å². The fourth-order valence-corrected chi connectivity index (χ4v) is 1.51. The molecule has 0 amide bonds. The molecule has 1 heterocycles. The number of nitrogen functional groups attached to an aromatic ring is 2. The van der Waals surface area contributed by atoms with Crippen molar-refractivity contribution in [3.05, 3.63) is 35.1 Å². The number of hydrogen-bond acceptors (Lipinski definition) is 3. The topological polar surface area (TPSA) is 69.9 Å². The number of rotatable bonds is 1. The van der Waals surface area contributed by atoms with Crippen molar-refractivity contribution in [2.75, 3.05) is 11.6 Å². The van der Waals surface area contributed by atoms with E-state index in [-0.39, 0.29) is 0 Å². The Morgan fingerprint density at radius 2 is 1.87 bits per heavy atom. The fourth-order valence-electron chi connectivity index (χ4n) is 1.38. The summed E-state index contributed by atoms with van der Waals surface area (Å²) in [6.45, 7) is 1.80. The first kappa shape index (κ1) is 9.86. The summed E-state index contributed by atoms with van der Waals surface area (Å²) in [4.78, 5) is 4.28. The third-order valence-electron chi connectivity index (χ3n) is 2.24. The number of imidazole rings is 1. The van der Waals surface area contributed by atoms with E-state index in [1.807, 2.05) is 12.1 Å². The fraction of sp³-hybridized carbons (Fsp3) is 0.100. The molecule has 0 spiro atoms. The molecule has 78 valence electrons. The monoisotopic (exact) mass is 222 g/mol. The molecule has 0 aliphatic rings. The van der Waals surface area contributed by atoms with Crippen LogP contribution in [-0.2, 0) is 0 Å². The lowest BCUT2D eigenvalue weighted by atomic mass is 10.1. The molecule has 0 aliphatic heterocycles. The Bertz CT molecular complexity index is 487. The number of benzene rings is 1. The highest BCUT2D eigenvalue weighted by Crippen LogP contribution is 2.25. The maximum Gasteiger partial charge on any atom is 0.150 e. The number of nitrogens with zero attached hydrogens (tertiary/aromatic N) is 2. The molecule has 0 radical (unpaired) electrons. The Kier molecular flexibility index (Phi) is 2.28. The highest BCUT2D eigenvalue weighted by molar-refractivity contribution is 6.30. The first-order valence-corrected chi connectivity index (χ1v) is 4.83. The molecule has 2 rings (SSSR count). The molecule has 0 atom stereocenters. The molecule has 1 aromatic carbocycles. The lowest BCUT2D eigenvalue weighted by Crippen LogP contribution is -2.13. The van der Waals surface area contributed by atoms with Gasteiger partial charge in [0.25, 0.3) is 0 Å². The number of aromatic nitrogens is 2. The predicted octanol–water partition coefficient (Wildman–Crippen LogP) is 1.81. The van der Waals surface area contributed by atoms with Gasteiger partial charge in [0.15, 0.2) is 5.82 Å². The van der Waals surface area contributed by atoms with E-state index < -0.39 is 0 Å². The molecule has 5 heteroatoms. The SMILES string of the molecule is Cc1nc(-c2ccc(Cl)cc2)c(N)n1N. The van der Waals surface area contributed by atoms with Gasteiger partial charge >= 0.3 is 0 Å². The molecule has 4 N–H and O–H groups in total. The maximum atomic E-state index is 5.82. The van der Waals surface area contributed by atoms with Gasteiger partial charge in [-0.1, -0.05) is 23.7 Å². The van der Waals surface area contributed by atoms with Crippen LogP contribution in [0, 0.1) is 6.92 Å². The standard InChI is InChI=1S/C10H11ClN4/c1-6-14-9(10(12)15(6)13)7-2-4-8(11)5-3-7/h2-5H,12-13H2,1H3. The van der Waals surface area contributed by atoms with Crippen molar-refractivity contribution in [2.24, 2.45) is 0 Å². The van der Waals surface area contributed by atoms with Gasteiger partial charge in [0.1, 0.15) is 11.5 Å². The molecule has 15 heavy (non-hydrogen) atoms. The molecular weight excluding hydrogens is 212 g/mol. The number of nitrogens with two attached hydrogens (primary N) is 2. The van der Waals surface area contributed by atoms with Crippen molar-refractivity contribution in [3.63, 3.8) is 0 Å². The maximum absolute atomic E-state index is 5.82. The van der Waals surface area contributed by atoms with Gasteiger partial charge in [0.05, 0.1) is 0 Å². The summed E-state index contributed by atoms with van der Waals surface area (Å²) in [5.41, 5.74) is 7.41. The number of aryl methyl sites for hydroxylation is 1. The molecule has 0 aliphatic carbocycles. The van der Waals surface area contributed by atoms with Crippen molar-refractivity contribution in [1.29, 1.82) is 0 Å². The molecular formula is C10H11ClN4. The molecule has 4 nitrogen and oxygen atoms in total. The van der Waals surface area contributed by atoms with Crippen LogP contribution >= 0.6 is 11.6 Å². The van der Waals surface area contributed by atoms with Crippen LogP contribution in [0.4, 0.5) is 5.82 Å². The van der Waals surface area contributed by atoms with Crippen LogP contribution in [0.2, 0.25) is 5.02 Å². The molecule has 0 fully saturated rings. The lowest BCUT2D eigenvalue weighted by Gasteiger charge is -2.00. The van der Waals surface area contributed by atoms with Gasteiger partial charge in [-0.3, -0.25) is 0 Å². The predicted molar refractivity (Wildman–Crippen MR) is 62.0 cm³/mol. The number of halogens is 1. The zero-order valence-corrected chi connectivity index (χ0v) is 8.99. The van der Waals surface area contributed by atoms with Crippen molar-refractivity contribution < 1.29 is 0 Å². The second-order valence-corrected chi connectivity index (χ2v) is 3.71. The van der Waals surface area contributed by atoms with E-state index in [0.29, 0.717) is 22.4 Å². The molecule has 0 unspecified atom stereocenters. The summed E-state index contributed by atoms with van der Waals surface area (Å²) in [7, 11) is 0. The minimum absolute atomic E-state index is 0.454. The van der Waals surface area contributed by atoms with E-state index in [1.54, 1.807) is 19.1 Å². The Labute approximate surface area is 92.4 Å². The second kappa shape index (κ2) is 3.47. The van der Waals surface area contributed by atoms with Crippen LogP contribution in [0.3, 0.4) is 0 Å². The van der Waals surface area contributed by atoms with Gasteiger partial charge in [-0.2, -0.15) is 0 Å². The van der Waals surface area contributed by atoms with E-state index in [9.17, 15) is 0 Å². The lowest BCUT2D eigenvalue weighted by molar-refractivity contribution is 0.937. The summed E-state index contributed by atoms with van der Waals surface area (Å²) in [6.07, 6.45) is 0. The van der Waals surface area contributed by atoms with E-state index in [0.717, 1.165) is 5.56 Å². The highest BCUT2D eigenvalue weighted by Gasteiger charge is 2.11. The van der Waals surface area contributed by atoms with E-state index in [2.05, 4.69) is 4.98 Å². The van der Waals surface area contributed by atoms with Crippen molar-refractivity contribution in [2.45, 2.75) is 6.92 Å².